The van der Waals surface area contributed by atoms with Crippen LogP contribution >= 0.6 is 0 Å². The molecule has 3 nitrogen and oxygen atoms in total. The molecule has 19 heavy (non-hydrogen) atoms. The first-order chi connectivity index (χ1) is 9.24. The van der Waals surface area contributed by atoms with Crippen LogP contribution in [-0.2, 0) is 4.79 Å². The molecule has 0 amide bonds. The van der Waals surface area contributed by atoms with Gasteiger partial charge in [-0.3, -0.25) is 4.79 Å². The Bertz CT molecular complexity index is 729. The predicted molar refractivity (Wildman–Crippen MR) is 74.6 cm³/mol. The summed E-state index contributed by atoms with van der Waals surface area (Å²) in [5.74, 6) is 0.257. The Balaban J connectivity index is 2.13. The van der Waals surface area contributed by atoms with Gasteiger partial charge in [0.05, 0.1) is 5.52 Å². The Morgan fingerprint density at radius 3 is 2.58 bits per heavy atom. The Morgan fingerprint density at radius 2 is 1.84 bits per heavy atom. The average Bonchev–Trinajstić information content (AvgIpc) is 2.82. The second-order valence-corrected chi connectivity index (χ2v) is 4.34. The molecule has 3 aromatic rings. The summed E-state index contributed by atoms with van der Waals surface area (Å²) < 4.78 is 7.20. The van der Waals surface area contributed by atoms with E-state index in [1.165, 1.54) is 6.92 Å². The third-order valence-electron chi connectivity index (χ3n) is 2.96. The van der Waals surface area contributed by atoms with E-state index in [-0.39, 0.29) is 5.97 Å². The number of nitrogens with zero attached hydrogens (tertiary/aromatic N) is 1. The Morgan fingerprint density at radius 1 is 1.05 bits per heavy atom. The third-order valence-corrected chi connectivity index (χ3v) is 2.96. The lowest BCUT2D eigenvalue weighted by atomic mass is 10.2. The van der Waals surface area contributed by atoms with Crippen LogP contribution in [0.3, 0.4) is 0 Å². The van der Waals surface area contributed by atoms with Gasteiger partial charge in [-0.15, -0.1) is 0 Å². The minimum atomic E-state index is -0.308. The summed E-state index contributed by atoms with van der Waals surface area (Å²) in [6.45, 7) is 1.40. The van der Waals surface area contributed by atoms with E-state index >= 15 is 0 Å². The number of carbonyl (C=O) groups excluding carboxylic acids is 1. The molecule has 3 heteroatoms. The van der Waals surface area contributed by atoms with Crippen molar-refractivity contribution in [3.63, 3.8) is 0 Å². The average molecular weight is 251 g/mol. The van der Waals surface area contributed by atoms with Crippen LogP contribution in [0.1, 0.15) is 6.92 Å². The maximum Gasteiger partial charge on any atom is 0.308 e. The van der Waals surface area contributed by atoms with Crippen molar-refractivity contribution in [1.82, 2.24) is 4.57 Å². The molecule has 1 aromatic heterocycles. The molecule has 0 fully saturated rings. The van der Waals surface area contributed by atoms with E-state index in [1.807, 2.05) is 54.7 Å². The molecule has 0 spiro atoms. The maximum atomic E-state index is 11.0. The van der Waals surface area contributed by atoms with E-state index in [1.54, 1.807) is 6.07 Å². The molecule has 0 unspecified atom stereocenters. The van der Waals surface area contributed by atoms with Crippen molar-refractivity contribution in [2.75, 3.05) is 0 Å². The second-order valence-electron chi connectivity index (χ2n) is 4.34. The molecular formula is C16H13NO2. The Labute approximate surface area is 111 Å². The third kappa shape index (κ3) is 2.22. The zero-order valence-electron chi connectivity index (χ0n) is 10.5. The number of carbonyl (C=O) groups is 1. The highest BCUT2D eigenvalue weighted by Crippen LogP contribution is 2.24. The highest BCUT2D eigenvalue weighted by molar-refractivity contribution is 5.84. The zero-order valence-corrected chi connectivity index (χ0v) is 10.5. The van der Waals surface area contributed by atoms with E-state index in [4.69, 9.17) is 4.74 Å². The van der Waals surface area contributed by atoms with Crippen molar-refractivity contribution in [2.45, 2.75) is 6.92 Å². The lowest BCUT2D eigenvalue weighted by molar-refractivity contribution is -0.131. The summed E-state index contributed by atoms with van der Waals surface area (Å²) in [7, 11) is 0. The zero-order chi connectivity index (χ0) is 13.2. The van der Waals surface area contributed by atoms with E-state index in [9.17, 15) is 4.79 Å². The van der Waals surface area contributed by atoms with Crippen LogP contribution in [0.15, 0.2) is 60.8 Å². The van der Waals surface area contributed by atoms with Crippen molar-refractivity contribution in [3.05, 3.63) is 60.8 Å². The summed E-state index contributed by atoms with van der Waals surface area (Å²) in [5, 5.41) is 1.11. The fourth-order valence-electron chi connectivity index (χ4n) is 2.15. The first kappa shape index (κ1) is 11.5. The Kier molecular flexibility index (Phi) is 2.80. The number of ether oxygens (including phenoxy) is 1. The number of hydrogen-bond donors (Lipinski definition) is 0. The van der Waals surface area contributed by atoms with Gasteiger partial charge in [0, 0.05) is 30.3 Å². The van der Waals surface area contributed by atoms with Gasteiger partial charge in [-0.25, -0.2) is 0 Å². The molecule has 0 bridgehead atoms. The molecule has 0 saturated carbocycles. The molecule has 0 saturated heterocycles. The summed E-state index contributed by atoms with van der Waals surface area (Å²) in [6.07, 6.45) is 2.01. The number of esters is 1. The number of fused-ring (bicyclic) bond motifs is 1. The van der Waals surface area contributed by atoms with Crippen molar-refractivity contribution in [3.8, 4) is 11.4 Å². The van der Waals surface area contributed by atoms with Crippen molar-refractivity contribution in [1.29, 1.82) is 0 Å². The molecule has 1 heterocycles. The van der Waals surface area contributed by atoms with Gasteiger partial charge in [0.1, 0.15) is 5.75 Å². The standard InChI is InChI=1S/C16H13NO2/c1-12(18)19-15-8-7-13-9-10-17(16(13)11-15)14-5-3-2-4-6-14/h2-11H,1H3. The number of aromatic nitrogens is 1. The normalized spacial score (nSPS) is 10.6. The van der Waals surface area contributed by atoms with E-state index < -0.39 is 0 Å². The largest absolute Gasteiger partial charge is 0.427 e. The van der Waals surface area contributed by atoms with Gasteiger partial charge >= 0.3 is 5.97 Å². The van der Waals surface area contributed by atoms with E-state index in [0.717, 1.165) is 16.6 Å². The van der Waals surface area contributed by atoms with E-state index in [0.29, 0.717) is 5.75 Å². The van der Waals surface area contributed by atoms with Crippen LogP contribution in [-0.4, -0.2) is 10.5 Å². The van der Waals surface area contributed by atoms with Crippen LogP contribution < -0.4 is 4.74 Å². The van der Waals surface area contributed by atoms with Gasteiger partial charge in [0.15, 0.2) is 0 Å². The van der Waals surface area contributed by atoms with Crippen LogP contribution in [0.4, 0.5) is 0 Å². The smallest absolute Gasteiger partial charge is 0.308 e. The maximum absolute atomic E-state index is 11.0. The SMILES string of the molecule is CC(=O)Oc1ccc2ccn(-c3ccccc3)c2c1. The highest BCUT2D eigenvalue weighted by Gasteiger charge is 2.05. The molecule has 3 rings (SSSR count). The quantitative estimate of drug-likeness (QED) is 0.515. The fraction of sp³-hybridized carbons (Fsp3) is 0.0625. The molecule has 0 aliphatic heterocycles. The first-order valence-corrected chi connectivity index (χ1v) is 6.09. The van der Waals surface area contributed by atoms with Gasteiger partial charge < -0.3 is 9.30 Å². The monoisotopic (exact) mass is 251 g/mol. The first-order valence-electron chi connectivity index (χ1n) is 6.09. The topological polar surface area (TPSA) is 31.2 Å². The van der Waals surface area contributed by atoms with Crippen LogP contribution in [0.2, 0.25) is 0 Å². The molecule has 0 N–H and O–H groups in total. The van der Waals surface area contributed by atoms with Gasteiger partial charge in [0.25, 0.3) is 0 Å². The summed E-state index contributed by atoms with van der Waals surface area (Å²) in [5.41, 5.74) is 2.10. The van der Waals surface area contributed by atoms with Crippen molar-refractivity contribution in [2.24, 2.45) is 0 Å². The number of rotatable bonds is 2. The summed E-state index contributed by atoms with van der Waals surface area (Å²) >= 11 is 0. The van der Waals surface area contributed by atoms with Crippen LogP contribution in [0.5, 0.6) is 5.75 Å². The van der Waals surface area contributed by atoms with Gasteiger partial charge in [-0.05, 0) is 30.3 Å². The summed E-state index contributed by atoms with van der Waals surface area (Å²) in [4.78, 5) is 11.0. The molecule has 94 valence electrons. The van der Waals surface area contributed by atoms with E-state index in [2.05, 4.69) is 4.57 Å². The minimum Gasteiger partial charge on any atom is -0.427 e. The molecular weight excluding hydrogens is 238 g/mol. The van der Waals surface area contributed by atoms with Crippen LogP contribution in [0.25, 0.3) is 16.6 Å². The Hall–Kier alpha value is -2.55. The van der Waals surface area contributed by atoms with Crippen molar-refractivity contribution >= 4 is 16.9 Å². The molecule has 0 aliphatic rings. The second kappa shape index (κ2) is 4.61. The van der Waals surface area contributed by atoms with Crippen molar-refractivity contribution < 1.29 is 9.53 Å². The molecule has 2 aromatic carbocycles. The minimum absolute atomic E-state index is 0.308. The van der Waals surface area contributed by atoms with Gasteiger partial charge in [-0.2, -0.15) is 0 Å². The number of para-hydroxylation sites is 1. The predicted octanol–water partition coefficient (Wildman–Crippen LogP) is 3.56. The molecule has 0 radical (unpaired) electrons. The molecule has 0 aliphatic carbocycles. The van der Waals surface area contributed by atoms with Gasteiger partial charge in [-0.1, -0.05) is 18.2 Å². The molecule has 0 atom stereocenters. The van der Waals surface area contributed by atoms with Crippen LogP contribution in [0, 0.1) is 0 Å². The lowest BCUT2D eigenvalue weighted by Crippen LogP contribution is -2.01. The lowest BCUT2D eigenvalue weighted by Gasteiger charge is -2.06. The number of hydrogen-bond acceptors (Lipinski definition) is 2. The summed E-state index contributed by atoms with van der Waals surface area (Å²) in [6, 6.07) is 17.7. The van der Waals surface area contributed by atoms with Gasteiger partial charge in [0.2, 0.25) is 0 Å². The fourth-order valence-corrected chi connectivity index (χ4v) is 2.15. The number of benzene rings is 2. The highest BCUT2D eigenvalue weighted by atomic mass is 16.5.